The average Bonchev–Trinajstić information content (AvgIpc) is 2.44. The Hall–Kier alpha value is -2.49. The Kier molecular flexibility index (Phi) is 4.48. The van der Waals surface area contributed by atoms with Crippen LogP contribution in [-0.2, 0) is 0 Å². The normalized spacial score (nSPS) is 11.3. The number of hydrogen-bond acceptors (Lipinski definition) is 2. The Balaban J connectivity index is 2.15. The van der Waals surface area contributed by atoms with Gasteiger partial charge in [0.1, 0.15) is 5.82 Å². The van der Waals surface area contributed by atoms with Crippen molar-refractivity contribution in [1.82, 2.24) is 5.43 Å². The summed E-state index contributed by atoms with van der Waals surface area (Å²) in [6.07, 6.45) is 0. The van der Waals surface area contributed by atoms with Crippen LogP contribution in [0.25, 0.3) is 0 Å². The molecule has 0 radical (unpaired) electrons. The number of rotatable bonds is 3. The summed E-state index contributed by atoms with van der Waals surface area (Å²) < 4.78 is 13.1. The van der Waals surface area contributed by atoms with E-state index in [0.717, 1.165) is 11.1 Å². The van der Waals surface area contributed by atoms with Gasteiger partial charge in [-0.05, 0) is 44.5 Å². The van der Waals surface area contributed by atoms with Gasteiger partial charge in [-0.3, -0.25) is 4.79 Å². The molecule has 0 atom stereocenters. The molecule has 21 heavy (non-hydrogen) atoms. The fourth-order valence-corrected chi connectivity index (χ4v) is 2.11. The molecule has 4 heteroatoms. The number of halogens is 1. The molecule has 0 aliphatic rings. The molecule has 2 aromatic rings. The maximum Gasteiger partial charge on any atom is 0.271 e. The highest BCUT2D eigenvalue weighted by atomic mass is 19.1. The molecule has 0 fully saturated rings. The van der Waals surface area contributed by atoms with Crippen LogP contribution < -0.4 is 5.43 Å². The number of carbonyl (C=O) groups excluding carboxylic acids is 1. The van der Waals surface area contributed by atoms with Gasteiger partial charge in [-0.2, -0.15) is 5.10 Å². The second-order valence-corrected chi connectivity index (χ2v) is 4.97. The Morgan fingerprint density at radius 3 is 2.57 bits per heavy atom. The Labute approximate surface area is 123 Å². The summed E-state index contributed by atoms with van der Waals surface area (Å²) in [6, 6.07) is 11.5. The topological polar surface area (TPSA) is 41.5 Å². The second-order valence-electron chi connectivity index (χ2n) is 4.97. The van der Waals surface area contributed by atoms with Gasteiger partial charge in [-0.25, -0.2) is 9.82 Å². The van der Waals surface area contributed by atoms with Crippen molar-refractivity contribution in [3.63, 3.8) is 0 Å². The number of nitrogens with zero attached hydrogens (tertiary/aromatic N) is 1. The lowest BCUT2D eigenvalue weighted by Gasteiger charge is -2.07. The van der Waals surface area contributed by atoms with E-state index in [-0.39, 0.29) is 5.56 Å². The van der Waals surface area contributed by atoms with E-state index in [4.69, 9.17) is 0 Å². The van der Waals surface area contributed by atoms with Crippen LogP contribution in [0, 0.1) is 19.7 Å². The third kappa shape index (κ3) is 3.75. The van der Waals surface area contributed by atoms with E-state index >= 15 is 0 Å². The maximum atomic E-state index is 13.1. The standard InChI is InChI=1S/C17H17FN2O/c1-11-7-8-16(12(2)9-11)13(3)19-20-17(21)14-5-4-6-15(18)10-14/h4-10H,1-3H3,(H,20,21). The third-order valence-corrected chi connectivity index (χ3v) is 3.18. The Morgan fingerprint density at radius 1 is 1.14 bits per heavy atom. The third-order valence-electron chi connectivity index (χ3n) is 3.18. The molecule has 108 valence electrons. The van der Waals surface area contributed by atoms with E-state index in [2.05, 4.69) is 16.6 Å². The summed E-state index contributed by atoms with van der Waals surface area (Å²) in [5, 5.41) is 4.09. The highest BCUT2D eigenvalue weighted by Crippen LogP contribution is 2.11. The first-order valence-electron chi connectivity index (χ1n) is 6.65. The lowest BCUT2D eigenvalue weighted by molar-refractivity contribution is 0.0954. The molecule has 1 amide bonds. The quantitative estimate of drug-likeness (QED) is 0.679. The lowest BCUT2D eigenvalue weighted by atomic mass is 10.0. The van der Waals surface area contributed by atoms with Crippen LogP contribution in [0.4, 0.5) is 4.39 Å². The predicted octanol–water partition coefficient (Wildman–Crippen LogP) is 3.60. The minimum absolute atomic E-state index is 0.243. The van der Waals surface area contributed by atoms with Gasteiger partial charge in [0, 0.05) is 11.1 Å². The number of hydrazone groups is 1. The molecule has 0 aliphatic heterocycles. The van der Waals surface area contributed by atoms with Crippen molar-refractivity contribution in [1.29, 1.82) is 0 Å². The molecular formula is C17H17FN2O. The fraction of sp³-hybridized carbons (Fsp3) is 0.176. The minimum atomic E-state index is -0.447. The zero-order valence-electron chi connectivity index (χ0n) is 12.3. The fourth-order valence-electron chi connectivity index (χ4n) is 2.11. The second kappa shape index (κ2) is 6.31. The SMILES string of the molecule is CC(=NNC(=O)c1cccc(F)c1)c1ccc(C)cc1C. The summed E-state index contributed by atoms with van der Waals surface area (Å²) in [4.78, 5) is 11.9. The van der Waals surface area contributed by atoms with Gasteiger partial charge in [0.05, 0.1) is 5.71 Å². The van der Waals surface area contributed by atoms with E-state index < -0.39 is 11.7 Å². The zero-order valence-corrected chi connectivity index (χ0v) is 12.3. The number of amides is 1. The molecule has 0 unspecified atom stereocenters. The summed E-state index contributed by atoms with van der Waals surface area (Å²) >= 11 is 0. The summed E-state index contributed by atoms with van der Waals surface area (Å²) in [5.41, 5.74) is 6.64. The van der Waals surface area contributed by atoms with E-state index in [1.807, 2.05) is 32.9 Å². The molecule has 0 spiro atoms. The molecule has 2 aromatic carbocycles. The number of nitrogens with one attached hydrogen (secondary N) is 1. The van der Waals surface area contributed by atoms with Crippen molar-refractivity contribution < 1.29 is 9.18 Å². The number of carbonyl (C=O) groups is 1. The summed E-state index contributed by atoms with van der Waals surface area (Å²) in [7, 11) is 0. The van der Waals surface area contributed by atoms with Gasteiger partial charge in [0.15, 0.2) is 0 Å². The average molecular weight is 284 g/mol. The molecule has 1 N–H and O–H groups in total. The Morgan fingerprint density at radius 2 is 1.90 bits per heavy atom. The largest absolute Gasteiger partial charge is 0.271 e. The van der Waals surface area contributed by atoms with Crippen LogP contribution in [0.2, 0.25) is 0 Å². The van der Waals surface area contributed by atoms with Crippen LogP contribution >= 0.6 is 0 Å². The predicted molar refractivity (Wildman–Crippen MR) is 82.0 cm³/mol. The van der Waals surface area contributed by atoms with Crippen LogP contribution in [0.15, 0.2) is 47.6 Å². The van der Waals surface area contributed by atoms with Crippen LogP contribution in [0.5, 0.6) is 0 Å². The van der Waals surface area contributed by atoms with Crippen molar-refractivity contribution >= 4 is 11.6 Å². The van der Waals surface area contributed by atoms with E-state index in [9.17, 15) is 9.18 Å². The van der Waals surface area contributed by atoms with Gasteiger partial charge >= 0.3 is 0 Å². The highest BCUT2D eigenvalue weighted by Gasteiger charge is 2.07. The lowest BCUT2D eigenvalue weighted by Crippen LogP contribution is -2.19. The van der Waals surface area contributed by atoms with Crippen LogP contribution in [0.3, 0.4) is 0 Å². The minimum Gasteiger partial charge on any atom is -0.267 e. The molecule has 0 bridgehead atoms. The summed E-state index contributed by atoms with van der Waals surface area (Å²) in [6.45, 7) is 5.84. The van der Waals surface area contributed by atoms with Gasteiger partial charge < -0.3 is 0 Å². The molecule has 0 saturated heterocycles. The van der Waals surface area contributed by atoms with E-state index in [1.165, 1.54) is 23.8 Å². The molecule has 2 rings (SSSR count). The first-order valence-corrected chi connectivity index (χ1v) is 6.65. The van der Waals surface area contributed by atoms with Gasteiger partial charge in [0.25, 0.3) is 5.91 Å². The number of hydrogen-bond donors (Lipinski definition) is 1. The number of aryl methyl sites for hydroxylation is 2. The molecule has 0 heterocycles. The van der Waals surface area contributed by atoms with Crippen LogP contribution in [-0.4, -0.2) is 11.6 Å². The maximum absolute atomic E-state index is 13.1. The molecule has 3 nitrogen and oxygen atoms in total. The Bertz CT molecular complexity index is 708. The van der Waals surface area contributed by atoms with Crippen molar-refractivity contribution in [3.05, 3.63) is 70.5 Å². The zero-order chi connectivity index (χ0) is 15.4. The van der Waals surface area contributed by atoms with Crippen molar-refractivity contribution in [2.75, 3.05) is 0 Å². The van der Waals surface area contributed by atoms with Crippen molar-refractivity contribution in [2.24, 2.45) is 5.10 Å². The molecule has 0 aromatic heterocycles. The highest BCUT2D eigenvalue weighted by molar-refractivity contribution is 6.01. The molecular weight excluding hydrogens is 267 g/mol. The van der Waals surface area contributed by atoms with Crippen molar-refractivity contribution in [2.45, 2.75) is 20.8 Å². The van der Waals surface area contributed by atoms with Gasteiger partial charge in [-0.15, -0.1) is 0 Å². The van der Waals surface area contributed by atoms with Crippen molar-refractivity contribution in [3.8, 4) is 0 Å². The van der Waals surface area contributed by atoms with Gasteiger partial charge in [0.2, 0.25) is 0 Å². The summed E-state index contributed by atoms with van der Waals surface area (Å²) in [5.74, 6) is -0.878. The smallest absolute Gasteiger partial charge is 0.267 e. The molecule has 0 aliphatic carbocycles. The van der Waals surface area contributed by atoms with Gasteiger partial charge in [-0.1, -0.05) is 29.8 Å². The number of benzene rings is 2. The van der Waals surface area contributed by atoms with Crippen LogP contribution in [0.1, 0.15) is 34.0 Å². The first kappa shape index (κ1) is 14.9. The molecule has 0 saturated carbocycles. The first-order chi connectivity index (χ1) is 9.97. The monoisotopic (exact) mass is 284 g/mol. The van der Waals surface area contributed by atoms with E-state index in [0.29, 0.717) is 5.71 Å². The van der Waals surface area contributed by atoms with E-state index in [1.54, 1.807) is 6.07 Å².